The summed E-state index contributed by atoms with van der Waals surface area (Å²) in [5.41, 5.74) is 0.895. The normalized spacial score (nSPS) is 10.6. The van der Waals surface area contributed by atoms with Crippen LogP contribution in [0.3, 0.4) is 0 Å². The van der Waals surface area contributed by atoms with Crippen molar-refractivity contribution in [2.75, 3.05) is 17.2 Å². The van der Waals surface area contributed by atoms with Gasteiger partial charge < -0.3 is 20.7 Å². The van der Waals surface area contributed by atoms with Gasteiger partial charge in [-0.1, -0.05) is 24.3 Å². The van der Waals surface area contributed by atoms with E-state index < -0.39 is 29.2 Å². The average molecular weight is 457 g/mol. The molecule has 0 saturated heterocycles. The second-order valence-electron chi connectivity index (χ2n) is 7.15. The first kappa shape index (κ1) is 23.5. The minimum atomic E-state index is -0.909. The van der Waals surface area contributed by atoms with Crippen molar-refractivity contribution in [2.24, 2.45) is 0 Å². The second-order valence-corrected chi connectivity index (χ2v) is 7.15. The number of aliphatic carboxylic acids is 1. The molecule has 11 heteroatoms. The van der Waals surface area contributed by atoms with Crippen LogP contribution in [0.25, 0.3) is 11.1 Å². The van der Waals surface area contributed by atoms with Gasteiger partial charge in [-0.2, -0.15) is 4.98 Å². The van der Waals surface area contributed by atoms with E-state index >= 15 is 0 Å². The van der Waals surface area contributed by atoms with Crippen LogP contribution < -0.4 is 21.5 Å². The standard InChI is InChI=1S/C22H21F2N5O4/c1-12-8-17(24)18(9-16(12)23)27-22(33)29-21-26-11-15(20(32)28-21)14-4-2-13(3-5-14)10-25-7-6-19(30)31/h2-5,8-9,11,25H,6-7,10H2,1H3,(H,30,31)(H3,26,27,28,29,32,33). The number of aromatic nitrogens is 2. The maximum Gasteiger partial charge on any atom is 0.326 e. The molecule has 0 fully saturated rings. The van der Waals surface area contributed by atoms with Crippen LogP contribution in [0, 0.1) is 18.6 Å². The van der Waals surface area contributed by atoms with Crippen molar-refractivity contribution in [3.8, 4) is 11.1 Å². The van der Waals surface area contributed by atoms with Gasteiger partial charge in [0.05, 0.1) is 17.7 Å². The Bertz CT molecular complexity index is 1230. The predicted molar refractivity (Wildman–Crippen MR) is 118 cm³/mol. The number of carboxylic acids is 1. The molecular weight excluding hydrogens is 436 g/mol. The SMILES string of the molecule is Cc1cc(F)c(NC(=O)Nc2nc(=O)c(-c3ccc(CNCCC(=O)O)cc3)c[nH]2)cc1F. The van der Waals surface area contributed by atoms with E-state index in [9.17, 15) is 23.2 Å². The van der Waals surface area contributed by atoms with Crippen LogP contribution in [0.5, 0.6) is 0 Å². The fourth-order valence-electron chi connectivity index (χ4n) is 2.90. The molecule has 0 aliphatic carbocycles. The summed E-state index contributed by atoms with van der Waals surface area (Å²) >= 11 is 0. The molecule has 0 aliphatic heterocycles. The Morgan fingerprint density at radius 1 is 1.09 bits per heavy atom. The molecule has 0 saturated carbocycles. The number of anilines is 2. The molecule has 0 atom stereocenters. The van der Waals surface area contributed by atoms with Gasteiger partial charge in [0.2, 0.25) is 5.95 Å². The Balaban J connectivity index is 1.63. The number of nitrogens with zero attached hydrogens (tertiary/aromatic N) is 1. The summed E-state index contributed by atoms with van der Waals surface area (Å²) in [5.74, 6) is -2.53. The third kappa shape index (κ3) is 6.43. The first-order chi connectivity index (χ1) is 15.7. The number of hydrogen-bond acceptors (Lipinski definition) is 5. The predicted octanol–water partition coefficient (Wildman–Crippen LogP) is 3.23. The number of hydrogen-bond donors (Lipinski definition) is 5. The van der Waals surface area contributed by atoms with Gasteiger partial charge in [-0.25, -0.2) is 13.6 Å². The molecule has 0 radical (unpaired) electrons. The first-order valence-corrected chi connectivity index (χ1v) is 9.88. The maximum absolute atomic E-state index is 13.9. The van der Waals surface area contributed by atoms with Gasteiger partial charge in [-0.3, -0.25) is 14.9 Å². The second kappa shape index (κ2) is 10.5. The maximum atomic E-state index is 13.9. The minimum Gasteiger partial charge on any atom is -0.481 e. The highest BCUT2D eigenvalue weighted by Gasteiger charge is 2.12. The molecule has 5 N–H and O–H groups in total. The highest BCUT2D eigenvalue weighted by Crippen LogP contribution is 2.19. The Hall–Kier alpha value is -4.12. The Kier molecular flexibility index (Phi) is 7.46. The van der Waals surface area contributed by atoms with Crippen LogP contribution in [-0.2, 0) is 11.3 Å². The monoisotopic (exact) mass is 457 g/mol. The largest absolute Gasteiger partial charge is 0.481 e. The zero-order valence-corrected chi connectivity index (χ0v) is 17.5. The molecule has 1 aromatic heterocycles. The number of amides is 2. The Labute approximate surface area is 186 Å². The quantitative estimate of drug-likeness (QED) is 0.330. The molecule has 1 heterocycles. The number of halogens is 2. The van der Waals surface area contributed by atoms with E-state index in [0.29, 0.717) is 18.7 Å². The minimum absolute atomic E-state index is 0.0222. The van der Waals surface area contributed by atoms with Crippen molar-refractivity contribution in [2.45, 2.75) is 19.9 Å². The van der Waals surface area contributed by atoms with Gasteiger partial charge in [0.15, 0.2) is 0 Å². The molecule has 9 nitrogen and oxygen atoms in total. The number of benzene rings is 2. The lowest BCUT2D eigenvalue weighted by Crippen LogP contribution is -2.24. The molecule has 3 rings (SSSR count). The molecular formula is C22H21F2N5O4. The number of H-pyrrole nitrogens is 1. The summed E-state index contributed by atoms with van der Waals surface area (Å²) in [5, 5.41) is 16.1. The van der Waals surface area contributed by atoms with E-state index in [2.05, 4.69) is 25.9 Å². The topological polar surface area (TPSA) is 136 Å². The van der Waals surface area contributed by atoms with Gasteiger partial charge in [0, 0.05) is 25.4 Å². The van der Waals surface area contributed by atoms with E-state index in [-0.39, 0.29) is 29.2 Å². The van der Waals surface area contributed by atoms with Gasteiger partial charge in [0.25, 0.3) is 5.56 Å². The highest BCUT2D eigenvalue weighted by atomic mass is 19.1. The van der Waals surface area contributed by atoms with Crippen molar-refractivity contribution in [1.29, 1.82) is 0 Å². The summed E-state index contributed by atoms with van der Waals surface area (Å²) in [7, 11) is 0. The number of aromatic amines is 1. The zero-order valence-electron chi connectivity index (χ0n) is 17.5. The van der Waals surface area contributed by atoms with E-state index in [1.165, 1.54) is 13.1 Å². The lowest BCUT2D eigenvalue weighted by Gasteiger charge is -2.09. The number of rotatable bonds is 8. The van der Waals surface area contributed by atoms with Crippen molar-refractivity contribution in [3.05, 3.63) is 75.7 Å². The number of aryl methyl sites for hydroxylation is 1. The summed E-state index contributed by atoms with van der Waals surface area (Å²) < 4.78 is 27.5. The summed E-state index contributed by atoms with van der Waals surface area (Å²) in [6.07, 6.45) is 1.39. The number of urea groups is 1. The van der Waals surface area contributed by atoms with Crippen molar-refractivity contribution in [3.63, 3.8) is 0 Å². The van der Waals surface area contributed by atoms with Gasteiger partial charge in [0.1, 0.15) is 11.6 Å². The number of carbonyl (C=O) groups excluding carboxylic acids is 1. The summed E-state index contributed by atoms with van der Waals surface area (Å²) in [4.78, 5) is 41.4. The zero-order chi connectivity index (χ0) is 24.0. The van der Waals surface area contributed by atoms with Crippen LogP contribution in [0.4, 0.5) is 25.2 Å². The molecule has 2 amide bonds. The van der Waals surface area contributed by atoms with E-state index in [1.54, 1.807) is 24.3 Å². The van der Waals surface area contributed by atoms with E-state index in [4.69, 9.17) is 5.11 Å². The van der Waals surface area contributed by atoms with E-state index in [1.807, 2.05) is 0 Å². The molecule has 33 heavy (non-hydrogen) atoms. The van der Waals surface area contributed by atoms with Crippen LogP contribution >= 0.6 is 0 Å². The smallest absolute Gasteiger partial charge is 0.326 e. The summed E-state index contributed by atoms with van der Waals surface area (Å²) in [6.45, 7) is 2.21. The fourth-order valence-corrected chi connectivity index (χ4v) is 2.90. The molecule has 0 spiro atoms. The number of carboxylic acid groups (broad SMARTS) is 1. The average Bonchev–Trinajstić information content (AvgIpc) is 2.75. The lowest BCUT2D eigenvalue weighted by atomic mass is 10.1. The molecule has 2 aromatic carbocycles. The van der Waals surface area contributed by atoms with E-state index in [0.717, 1.165) is 17.7 Å². The van der Waals surface area contributed by atoms with Gasteiger partial charge >= 0.3 is 12.0 Å². The molecule has 3 aromatic rings. The Morgan fingerprint density at radius 2 is 1.82 bits per heavy atom. The van der Waals surface area contributed by atoms with Crippen molar-refractivity contribution < 1.29 is 23.5 Å². The number of nitrogens with one attached hydrogen (secondary N) is 4. The van der Waals surface area contributed by atoms with Crippen LogP contribution in [0.15, 0.2) is 47.4 Å². The number of carbonyl (C=O) groups is 2. The van der Waals surface area contributed by atoms with Gasteiger partial charge in [-0.05, 0) is 29.7 Å². The van der Waals surface area contributed by atoms with Crippen LogP contribution in [0.2, 0.25) is 0 Å². The molecule has 0 unspecified atom stereocenters. The molecule has 172 valence electrons. The third-order valence-corrected chi connectivity index (χ3v) is 4.64. The molecule has 0 bridgehead atoms. The lowest BCUT2D eigenvalue weighted by molar-refractivity contribution is -0.136. The Morgan fingerprint density at radius 3 is 2.48 bits per heavy atom. The highest BCUT2D eigenvalue weighted by molar-refractivity contribution is 5.98. The summed E-state index contributed by atoms with van der Waals surface area (Å²) in [6, 6.07) is 7.91. The third-order valence-electron chi connectivity index (χ3n) is 4.64. The van der Waals surface area contributed by atoms with Crippen molar-refractivity contribution >= 4 is 23.6 Å². The first-order valence-electron chi connectivity index (χ1n) is 9.88. The van der Waals surface area contributed by atoms with Crippen molar-refractivity contribution in [1.82, 2.24) is 15.3 Å². The fraction of sp³-hybridized carbons (Fsp3) is 0.182. The van der Waals surface area contributed by atoms with Crippen LogP contribution in [-0.4, -0.2) is 33.6 Å². The molecule has 0 aliphatic rings. The van der Waals surface area contributed by atoms with Crippen LogP contribution in [0.1, 0.15) is 17.5 Å². The van der Waals surface area contributed by atoms with Gasteiger partial charge in [-0.15, -0.1) is 0 Å².